The zero-order valence-corrected chi connectivity index (χ0v) is 17.2. The molecule has 150 valence electrons. The van der Waals surface area contributed by atoms with Gasteiger partial charge in [-0.2, -0.15) is 0 Å². The molecule has 0 saturated carbocycles. The van der Waals surface area contributed by atoms with Crippen LogP contribution in [0.1, 0.15) is 28.3 Å². The molecule has 0 bridgehead atoms. The van der Waals surface area contributed by atoms with Crippen LogP contribution < -0.4 is 4.90 Å². The van der Waals surface area contributed by atoms with Crippen LogP contribution in [-0.2, 0) is 9.59 Å². The van der Waals surface area contributed by atoms with E-state index in [1.54, 1.807) is 48.8 Å². The van der Waals surface area contributed by atoms with Crippen LogP contribution in [0.2, 0.25) is 5.02 Å². The highest BCUT2D eigenvalue weighted by molar-refractivity contribution is 6.51. The van der Waals surface area contributed by atoms with Gasteiger partial charge in [0, 0.05) is 28.7 Å². The van der Waals surface area contributed by atoms with E-state index in [-0.39, 0.29) is 11.3 Å². The van der Waals surface area contributed by atoms with Gasteiger partial charge in [-0.1, -0.05) is 35.9 Å². The minimum atomic E-state index is -0.807. The highest BCUT2D eigenvalue weighted by Crippen LogP contribution is 2.42. The van der Waals surface area contributed by atoms with E-state index in [1.165, 1.54) is 4.90 Å². The van der Waals surface area contributed by atoms with Crippen molar-refractivity contribution in [3.05, 3.63) is 99.8 Å². The van der Waals surface area contributed by atoms with Gasteiger partial charge in [-0.25, -0.2) is 0 Å². The monoisotopic (exact) mass is 418 g/mol. The number of hydrogen-bond acceptors (Lipinski definition) is 4. The molecule has 2 heterocycles. The Morgan fingerprint density at radius 2 is 1.77 bits per heavy atom. The van der Waals surface area contributed by atoms with E-state index in [4.69, 9.17) is 11.6 Å². The third kappa shape index (κ3) is 3.48. The average Bonchev–Trinajstić information content (AvgIpc) is 2.98. The van der Waals surface area contributed by atoms with Crippen LogP contribution in [0.3, 0.4) is 0 Å². The van der Waals surface area contributed by atoms with Gasteiger partial charge in [0.05, 0.1) is 11.6 Å². The predicted octanol–water partition coefficient (Wildman–Crippen LogP) is 4.98. The van der Waals surface area contributed by atoms with E-state index in [9.17, 15) is 14.7 Å². The summed E-state index contributed by atoms with van der Waals surface area (Å²) in [6.45, 7) is 3.86. The van der Waals surface area contributed by atoms with E-state index in [2.05, 4.69) is 4.98 Å². The lowest BCUT2D eigenvalue weighted by molar-refractivity contribution is -0.132. The zero-order valence-electron chi connectivity index (χ0n) is 16.5. The molecule has 6 heteroatoms. The van der Waals surface area contributed by atoms with Crippen LogP contribution in [0, 0.1) is 13.8 Å². The smallest absolute Gasteiger partial charge is 0.300 e. The van der Waals surface area contributed by atoms with Crippen LogP contribution in [0.4, 0.5) is 5.69 Å². The summed E-state index contributed by atoms with van der Waals surface area (Å²) in [6.07, 6.45) is 3.21. The molecule has 1 N–H and O–H groups in total. The summed E-state index contributed by atoms with van der Waals surface area (Å²) in [5.74, 6) is -1.71. The molecule has 30 heavy (non-hydrogen) atoms. The van der Waals surface area contributed by atoms with Crippen molar-refractivity contribution in [2.45, 2.75) is 19.9 Å². The molecule has 4 rings (SSSR count). The number of anilines is 1. The first-order valence-electron chi connectivity index (χ1n) is 9.42. The van der Waals surface area contributed by atoms with E-state index in [1.807, 2.05) is 32.0 Å². The largest absolute Gasteiger partial charge is 0.507 e. The standard InChI is InChI=1S/C24H19ClN2O3/c1-14-9-15(2)11-19(10-14)27-21(17-6-4-8-26-13-17)20(23(29)24(27)30)22(28)16-5-3-7-18(25)12-16/h3-13,21,28H,1-2H3/b22-20+. The molecule has 1 atom stereocenters. The summed E-state index contributed by atoms with van der Waals surface area (Å²) in [5, 5.41) is 11.5. The fourth-order valence-electron chi connectivity index (χ4n) is 3.83. The Balaban J connectivity index is 1.97. The van der Waals surface area contributed by atoms with Gasteiger partial charge in [-0.3, -0.25) is 19.5 Å². The molecule has 1 saturated heterocycles. The van der Waals surface area contributed by atoms with Gasteiger partial charge in [0.1, 0.15) is 5.76 Å². The summed E-state index contributed by atoms with van der Waals surface area (Å²) in [4.78, 5) is 31.8. The first kappa shape index (κ1) is 19.9. The number of hydrogen-bond donors (Lipinski definition) is 1. The Morgan fingerprint density at radius 1 is 1.03 bits per heavy atom. The third-order valence-corrected chi connectivity index (χ3v) is 5.26. The number of rotatable bonds is 3. The molecule has 1 amide bonds. The number of carbonyl (C=O) groups excluding carboxylic acids is 2. The molecule has 3 aromatic rings. The van der Waals surface area contributed by atoms with E-state index in [0.29, 0.717) is 21.8 Å². The second-order valence-corrected chi connectivity index (χ2v) is 7.75. The molecule has 0 spiro atoms. The van der Waals surface area contributed by atoms with E-state index < -0.39 is 17.7 Å². The first-order chi connectivity index (χ1) is 14.4. The quantitative estimate of drug-likeness (QED) is 0.370. The van der Waals surface area contributed by atoms with Crippen molar-refractivity contribution in [3.8, 4) is 0 Å². The molecule has 1 aliphatic heterocycles. The van der Waals surface area contributed by atoms with Gasteiger partial charge in [0.15, 0.2) is 0 Å². The molecular weight excluding hydrogens is 400 g/mol. The Kier molecular flexibility index (Phi) is 5.14. The van der Waals surface area contributed by atoms with Gasteiger partial charge < -0.3 is 5.11 Å². The number of pyridine rings is 1. The van der Waals surface area contributed by atoms with Crippen LogP contribution >= 0.6 is 11.6 Å². The van der Waals surface area contributed by atoms with E-state index in [0.717, 1.165) is 11.1 Å². The highest BCUT2D eigenvalue weighted by Gasteiger charge is 2.47. The predicted molar refractivity (Wildman–Crippen MR) is 116 cm³/mol. The Bertz CT molecular complexity index is 1170. The second kappa shape index (κ2) is 7.76. The molecule has 0 radical (unpaired) electrons. The Hall–Kier alpha value is -3.44. The number of amides is 1. The molecule has 1 aromatic heterocycles. The molecule has 1 aliphatic rings. The number of aliphatic hydroxyl groups is 1. The van der Waals surface area contributed by atoms with Crippen molar-refractivity contribution in [1.29, 1.82) is 0 Å². The normalized spacial score (nSPS) is 18.1. The highest BCUT2D eigenvalue weighted by atomic mass is 35.5. The first-order valence-corrected chi connectivity index (χ1v) is 9.80. The molecular formula is C24H19ClN2O3. The number of halogens is 1. The van der Waals surface area contributed by atoms with Crippen LogP contribution in [-0.4, -0.2) is 21.8 Å². The molecule has 0 aliphatic carbocycles. The van der Waals surface area contributed by atoms with Gasteiger partial charge in [0.25, 0.3) is 11.7 Å². The van der Waals surface area contributed by atoms with Crippen molar-refractivity contribution in [1.82, 2.24) is 4.98 Å². The number of nitrogens with zero attached hydrogens (tertiary/aromatic N) is 2. The Labute approximate surface area is 179 Å². The number of aliphatic hydroxyl groups excluding tert-OH is 1. The summed E-state index contributed by atoms with van der Waals surface area (Å²) in [5.41, 5.74) is 3.52. The number of carbonyl (C=O) groups is 2. The fraction of sp³-hybridized carbons (Fsp3) is 0.125. The summed E-state index contributed by atoms with van der Waals surface area (Å²) in [6, 6.07) is 14.9. The minimum Gasteiger partial charge on any atom is -0.507 e. The van der Waals surface area contributed by atoms with E-state index >= 15 is 0 Å². The molecule has 2 aromatic carbocycles. The number of Topliss-reactive ketones (excluding diaryl/α,β-unsaturated/α-hetero) is 1. The van der Waals surface area contributed by atoms with Crippen LogP contribution in [0.5, 0.6) is 0 Å². The van der Waals surface area contributed by atoms with Crippen LogP contribution in [0.15, 0.2) is 72.6 Å². The van der Waals surface area contributed by atoms with Crippen molar-refractivity contribution in [3.63, 3.8) is 0 Å². The van der Waals surface area contributed by atoms with Crippen molar-refractivity contribution in [2.75, 3.05) is 4.90 Å². The third-order valence-electron chi connectivity index (χ3n) is 5.03. The second-order valence-electron chi connectivity index (χ2n) is 7.31. The summed E-state index contributed by atoms with van der Waals surface area (Å²) >= 11 is 6.07. The number of aromatic nitrogens is 1. The molecule has 1 fully saturated rings. The van der Waals surface area contributed by atoms with Crippen molar-refractivity contribution in [2.24, 2.45) is 0 Å². The number of ketones is 1. The van der Waals surface area contributed by atoms with Gasteiger partial charge in [-0.15, -0.1) is 0 Å². The number of aryl methyl sites for hydroxylation is 2. The maximum Gasteiger partial charge on any atom is 0.300 e. The molecule has 5 nitrogen and oxygen atoms in total. The van der Waals surface area contributed by atoms with Gasteiger partial charge in [0.2, 0.25) is 0 Å². The number of benzene rings is 2. The van der Waals surface area contributed by atoms with Crippen molar-refractivity contribution < 1.29 is 14.7 Å². The average molecular weight is 419 g/mol. The minimum absolute atomic E-state index is 0.00873. The lowest BCUT2D eigenvalue weighted by Crippen LogP contribution is -2.29. The van der Waals surface area contributed by atoms with Gasteiger partial charge in [-0.05, 0) is 60.9 Å². The zero-order chi connectivity index (χ0) is 21.4. The van der Waals surface area contributed by atoms with Gasteiger partial charge >= 0.3 is 0 Å². The lowest BCUT2D eigenvalue weighted by Gasteiger charge is -2.25. The SMILES string of the molecule is Cc1cc(C)cc(N2C(=O)C(=O)/C(=C(/O)c3cccc(Cl)c3)C2c2cccnc2)c1. The summed E-state index contributed by atoms with van der Waals surface area (Å²) < 4.78 is 0. The lowest BCUT2D eigenvalue weighted by atomic mass is 9.96. The summed E-state index contributed by atoms with van der Waals surface area (Å²) in [7, 11) is 0. The molecule has 1 unspecified atom stereocenters. The Morgan fingerprint density at radius 3 is 2.40 bits per heavy atom. The maximum absolute atomic E-state index is 13.1. The maximum atomic E-state index is 13.1. The van der Waals surface area contributed by atoms with Crippen molar-refractivity contribution >= 4 is 34.7 Å². The topological polar surface area (TPSA) is 70.5 Å². The van der Waals surface area contributed by atoms with Crippen LogP contribution in [0.25, 0.3) is 5.76 Å². The fourth-order valence-corrected chi connectivity index (χ4v) is 4.02.